The first-order valence-corrected chi connectivity index (χ1v) is 8.16. The zero-order valence-corrected chi connectivity index (χ0v) is 12.7. The lowest BCUT2D eigenvalue weighted by atomic mass is 10.0. The van der Waals surface area contributed by atoms with Crippen molar-refractivity contribution in [2.24, 2.45) is 0 Å². The van der Waals surface area contributed by atoms with Crippen LogP contribution in [-0.2, 0) is 12.8 Å². The fourth-order valence-electron chi connectivity index (χ4n) is 2.46. The van der Waals surface area contributed by atoms with E-state index in [-0.39, 0.29) is 0 Å². The van der Waals surface area contributed by atoms with E-state index >= 15 is 0 Å². The summed E-state index contributed by atoms with van der Waals surface area (Å²) in [6.45, 7) is 0.653. The predicted molar refractivity (Wildman–Crippen MR) is 85.0 cm³/mol. The van der Waals surface area contributed by atoms with Crippen molar-refractivity contribution in [3.63, 3.8) is 0 Å². The molecule has 0 heterocycles. The minimum atomic E-state index is 0.326. The lowest BCUT2D eigenvalue weighted by molar-refractivity contribution is 0.282. The second-order valence-electron chi connectivity index (χ2n) is 5.59. The molecule has 2 nitrogen and oxygen atoms in total. The van der Waals surface area contributed by atoms with E-state index in [1.165, 1.54) is 36.8 Å². The van der Waals surface area contributed by atoms with Gasteiger partial charge >= 0.3 is 0 Å². The zero-order valence-electron chi connectivity index (χ0n) is 12.7. The summed E-state index contributed by atoms with van der Waals surface area (Å²) in [6, 6.07) is 9.04. The van der Waals surface area contributed by atoms with Crippen molar-refractivity contribution >= 4 is 0 Å². The molecule has 1 aromatic rings. The minimum absolute atomic E-state index is 0.326. The first-order chi connectivity index (χ1) is 9.86. The SMILES string of the molecule is OCCCCCCc1ccc(CCCCCCO)cc1. The summed E-state index contributed by atoms with van der Waals surface area (Å²) in [5.41, 5.74) is 2.86. The first-order valence-electron chi connectivity index (χ1n) is 8.16. The van der Waals surface area contributed by atoms with Crippen LogP contribution in [0.25, 0.3) is 0 Å². The Labute approximate surface area is 123 Å². The van der Waals surface area contributed by atoms with E-state index in [1.807, 2.05) is 0 Å². The second-order valence-corrected chi connectivity index (χ2v) is 5.59. The monoisotopic (exact) mass is 278 g/mol. The molecule has 0 spiro atoms. The Bertz CT molecular complexity index is 286. The van der Waals surface area contributed by atoms with Crippen LogP contribution in [0.2, 0.25) is 0 Å². The van der Waals surface area contributed by atoms with Crippen LogP contribution in [0.5, 0.6) is 0 Å². The smallest absolute Gasteiger partial charge is 0.0431 e. The van der Waals surface area contributed by atoms with Gasteiger partial charge in [-0.3, -0.25) is 0 Å². The Morgan fingerprint density at radius 2 is 0.850 bits per heavy atom. The average Bonchev–Trinajstić information content (AvgIpc) is 2.48. The molecule has 0 saturated heterocycles. The third kappa shape index (κ3) is 8.34. The van der Waals surface area contributed by atoms with Crippen LogP contribution in [0.1, 0.15) is 62.5 Å². The zero-order chi connectivity index (χ0) is 14.5. The predicted octanol–water partition coefficient (Wildman–Crippen LogP) is 3.88. The Morgan fingerprint density at radius 3 is 1.20 bits per heavy atom. The van der Waals surface area contributed by atoms with Gasteiger partial charge in [0.15, 0.2) is 0 Å². The normalized spacial score (nSPS) is 10.9. The van der Waals surface area contributed by atoms with Gasteiger partial charge in [0.05, 0.1) is 0 Å². The summed E-state index contributed by atoms with van der Waals surface area (Å²) < 4.78 is 0. The first kappa shape index (κ1) is 17.2. The van der Waals surface area contributed by atoms with Gasteiger partial charge in [-0.25, -0.2) is 0 Å². The molecule has 2 N–H and O–H groups in total. The van der Waals surface area contributed by atoms with Crippen molar-refractivity contribution in [3.8, 4) is 0 Å². The number of aryl methyl sites for hydroxylation is 2. The van der Waals surface area contributed by atoms with Crippen LogP contribution < -0.4 is 0 Å². The van der Waals surface area contributed by atoms with Gasteiger partial charge in [-0.2, -0.15) is 0 Å². The van der Waals surface area contributed by atoms with E-state index in [2.05, 4.69) is 24.3 Å². The largest absolute Gasteiger partial charge is 0.396 e. The van der Waals surface area contributed by atoms with Crippen LogP contribution >= 0.6 is 0 Å². The molecule has 0 fully saturated rings. The van der Waals surface area contributed by atoms with Crippen LogP contribution in [-0.4, -0.2) is 23.4 Å². The number of hydrogen-bond donors (Lipinski definition) is 2. The molecular formula is C18H30O2. The molecule has 1 rings (SSSR count). The van der Waals surface area contributed by atoms with Crippen LogP contribution in [0.4, 0.5) is 0 Å². The number of benzene rings is 1. The van der Waals surface area contributed by atoms with Crippen LogP contribution in [0, 0.1) is 0 Å². The fourth-order valence-corrected chi connectivity index (χ4v) is 2.46. The van der Waals surface area contributed by atoms with Crippen LogP contribution in [0.15, 0.2) is 24.3 Å². The standard InChI is InChI=1S/C18H30O2/c19-15-7-3-1-5-9-17-11-13-18(14-12-17)10-6-2-4-8-16-20/h11-14,19-20H,1-10,15-16H2. The molecule has 0 aromatic heterocycles. The highest BCUT2D eigenvalue weighted by Gasteiger charge is 1.97. The Hall–Kier alpha value is -0.860. The number of aliphatic hydroxyl groups is 2. The van der Waals surface area contributed by atoms with Gasteiger partial charge in [-0.05, 0) is 49.7 Å². The molecule has 0 bridgehead atoms. The highest BCUT2D eigenvalue weighted by atomic mass is 16.3. The third-order valence-electron chi connectivity index (χ3n) is 3.77. The van der Waals surface area contributed by atoms with Gasteiger partial charge in [0.25, 0.3) is 0 Å². The molecule has 114 valence electrons. The maximum absolute atomic E-state index is 8.72. The summed E-state index contributed by atoms with van der Waals surface area (Å²) in [4.78, 5) is 0. The quantitative estimate of drug-likeness (QED) is 0.570. The summed E-state index contributed by atoms with van der Waals surface area (Å²) in [5.74, 6) is 0. The lowest BCUT2D eigenvalue weighted by Crippen LogP contribution is -1.90. The maximum atomic E-state index is 8.72. The van der Waals surface area contributed by atoms with E-state index in [1.54, 1.807) is 0 Å². The summed E-state index contributed by atoms with van der Waals surface area (Å²) in [5, 5.41) is 17.4. The van der Waals surface area contributed by atoms with Gasteiger partial charge < -0.3 is 10.2 Å². The molecule has 0 unspecified atom stereocenters. The second kappa shape index (κ2) is 11.9. The van der Waals surface area contributed by atoms with Gasteiger partial charge in [-0.1, -0.05) is 49.9 Å². The molecule has 20 heavy (non-hydrogen) atoms. The van der Waals surface area contributed by atoms with E-state index in [9.17, 15) is 0 Å². The van der Waals surface area contributed by atoms with Crippen molar-refractivity contribution in [1.29, 1.82) is 0 Å². The lowest BCUT2D eigenvalue weighted by Gasteiger charge is -2.05. The van der Waals surface area contributed by atoms with Gasteiger partial charge in [0, 0.05) is 13.2 Å². The highest BCUT2D eigenvalue weighted by Crippen LogP contribution is 2.12. The van der Waals surface area contributed by atoms with Gasteiger partial charge in [-0.15, -0.1) is 0 Å². The Balaban J connectivity index is 2.13. The van der Waals surface area contributed by atoms with E-state index in [4.69, 9.17) is 10.2 Å². The van der Waals surface area contributed by atoms with Crippen molar-refractivity contribution in [3.05, 3.63) is 35.4 Å². The van der Waals surface area contributed by atoms with Gasteiger partial charge in [0.2, 0.25) is 0 Å². The summed E-state index contributed by atoms with van der Waals surface area (Å²) in [6.07, 6.45) is 11.3. The molecule has 0 saturated carbocycles. The topological polar surface area (TPSA) is 40.5 Å². The molecule has 0 aliphatic heterocycles. The molecule has 0 amide bonds. The van der Waals surface area contributed by atoms with Gasteiger partial charge in [0.1, 0.15) is 0 Å². The number of hydrogen-bond acceptors (Lipinski definition) is 2. The molecule has 0 aliphatic rings. The van der Waals surface area contributed by atoms with E-state index in [0.717, 1.165) is 38.5 Å². The van der Waals surface area contributed by atoms with E-state index < -0.39 is 0 Å². The van der Waals surface area contributed by atoms with Crippen molar-refractivity contribution < 1.29 is 10.2 Å². The number of aliphatic hydroxyl groups excluding tert-OH is 2. The maximum Gasteiger partial charge on any atom is 0.0431 e. The van der Waals surface area contributed by atoms with Crippen molar-refractivity contribution in [1.82, 2.24) is 0 Å². The van der Waals surface area contributed by atoms with E-state index in [0.29, 0.717) is 13.2 Å². The summed E-state index contributed by atoms with van der Waals surface area (Å²) in [7, 11) is 0. The molecule has 0 atom stereocenters. The Morgan fingerprint density at radius 1 is 0.500 bits per heavy atom. The summed E-state index contributed by atoms with van der Waals surface area (Å²) >= 11 is 0. The number of rotatable bonds is 12. The fraction of sp³-hybridized carbons (Fsp3) is 0.667. The highest BCUT2D eigenvalue weighted by molar-refractivity contribution is 5.22. The van der Waals surface area contributed by atoms with Crippen molar-refractivity contribution in [2.75, 3.05) is 13.2 Å². The molecule has 0 aliphatic carbocycles. The molecule has 1 aromatic carbocycles. The molecule has 0 radical (unpaired) electrons. The van der Waals surface area contributed by atoms with Crippen LogP contribution in [0.3, 0.4) is 0 Å². The molecular weight excluding hydrogens is 248 g/mol. The average molecular weight is 278 g/mol. The Kier molecular flexibility index (Phi) is 10.3. The third-order valence-corrected chi connectivity index (χ3v) is 3.77. The minimum Gasteiger partial charge on any atom is -0.396 e. The van der Waals surface area contributed by atoms with Crippen molar-refractivity contribution in [2.45, 2.75) is 64.2 Å². The molecule has 2 heteroatoms. The number of unbranched alkanes of at least 4 members (excludes halogenated alkanes) is 6.